The maximum atomic E-state index is 4.82. The van der Waals surface area contributed by atoms with Crippen molar-refractivity contribution in [2.24, 2.45) is 0 Å². The number of hydrogen-bond donors (Lipinski definition) is 1. The Morgan fingerprint density at radius 3 is 2.52 bits per heavy atom. The number of aryl methyl sites for hydroxylation is 1. The van der Waals surface area contributed by atoms with E-state index in [0.717, 1.165) is 53.7 Å². The molecule has 1 aliphatic heterocycles. The second-order valence-electron chi connectivity index (χ2n) is 8.10. The van der Waals surface area contributed by atoms with E-state index in [2.05, 4.69) is 59.9 Å². The summed E-state index contributed by atoms with van der Waals surface area (Å²) < 4.78 is 6.16. The molecule has 3 aromatic heterocycles. The van der Waals surface area contributed by atoms with Crippen LogP contribution in [-0.2, 0) is 0 Å². The maximum Gasteiger partial charge on any atom is 0.243 e. The van der Waals surface area contributed by atoms with Crippen molar-refractivity contribution in [2.45, 2.75) is 25.8 Å². The highest BCUT2D eigenvalue weighted by atomic mass is 32.1. The molecule has 9 heteroatoms. The van der Waals surface area contributed by atoms with E-state index in [4.69, 9.17) is 4.98 Å². The van der Waals surface area contributed by atoms with Gasteiger partial charge in [-0.1, -0.05) is 12.1 Å². The Labute approximate surface area is 185 Å². The number of pyridine rings is 1. The van der Waals surface area contributed by atoms with Crippen molar-refractivity contribution < 1.29 is 0 Å². The number of rotatable bonds is 5. The van der Waals surface area contributed by atoms with Crippen LogP contribution in [0.1, 0.15) is 18.7 Å². The minimum absolute atomic E-state index is 0.352. The highest BCUT2D eigenvalue weighted by Crippen LogP contribution is 2.27. The van der Waals surface area contributed by atoms with Crippen LogP contribution < -0.4 is 15.1 Å². The Bertz CT molecular complexity index is 1170. The standard InChI is InChI=1S/C22H26N8S/c1-15-23-22(31-27-15)29-13-10-17(11-14-29)24-21-25-20-19(5-4-12-30(20)26-21)16-6-8-18(9-7-16)28(2)3/h4-9,12,17H,10-11,13-14H2,1-3H3,(H,24,26). The number of nitrogens with one attached hydrogen (secondary N) is 1. The molecule has 8 nitrogen and oxygen atoms in total. The van der Waals surface area contributed by atoms with E-state index in [1.807, 2.05) is 37.8 Å². The van der Waals surface area contributed by atoms with E-state index in [9.17, 15) is 0 Å². The molecule has 160 valence electrons. The Hall–Kier alpha value is -3.20. The highest BCUT2D eigenvalue weighted by Gasteiger charge is 2.22. The minimum atomic E-state index is 0.352. The van der Waals surface area contributed by atoms with Crippen molar-refractivity contribution in [2.75, 3.05) is 42.3 Å². The van der Waals surface area contributed by atoms with E-state index in [1.54, 1.807) is 0 Å². The molecule has 4 aromatic rings. The van der Waals surface area contributed by atoms with Crippen molar-refractivity contribution in [3.05, 3.63) is 48.4 Å². The van der Waals surface area contributed by atoms with Crippen molar-refractivity contribution in [1.82, 2.24) is 24.0 Å². The molecule has 1 aliphatic rings. The van der Waals surface area contributed by atoms with Gasteiger partial charge in [-0.3, -0.25) is 0 Å². The van der Waals surface area contributed by atoms with Crippen LogP contribution in [0.25, 0.3) is 16.8 Å². The summed E-state index contributed by atoms with van der Waals surface area (Å²) in [6.07, 6.45) is 3.99. The topological polar surface area (TPSA) is 74.5 Å². The lowest BCUT2D eigenvalue weighted by Gasteiger charge is -2.31. The maximum absolute atomic E-state index is 4.82. The molecule has 0 amide bonds. The van der Waals surface area contributed by atoms with Gasteiger partial charge >= 0.3 is 0 Å². The van der Waals surface area contributed by atoms with Crippen molar-refractivity contribution >= 4 is 33.9 Å². The fourth-order valence-corrected chi connectivity index (χ4v) is 4.67. The molecule has 0 spiro atoms. The van der Waals surface area contributed by atoms with Gasteiger partial charge in [0.1, 0.15) is 5.82 Å². The largest absolute Gasteiger partial charge is 0.378 e. The summed E-state index contributed by atoms with van der Waals surface area (Å²) in [4.78, 5) is 13.7. The van der Waals surface area contributed by atoms with Gasteiger partial charge in [-0.05, 0) is 49.6 Å². The lowest BCUT2D eigenvalue weighted by molar-refractivity contribution is 0.523. The first-order valence-electron chi connectivity index (χ1n) is 10.5. The monoisotopic (exact) mass is 434 g/mol. The molecule has 1 N–H and O–H groups in total. The molecule has 1 saturated heterocycles. The first-order chi connectivity index (χ1) is 15.1. The van der Waals surface area contributed by atoms with E-state index in [-0.39, 0.29) is 0 Å². The summed E-state index contributed by atoms with van der Waals surface area (Å²) in [6.45, 7) is 3.86. The molecule has 4 heterocycles. The molecule has 0 radical (unpaired) electrons. The number of nitrogens with zero attached hydrogens (tertiary/aromatic N) is 7. The van der Waals surface area contributed by atoms with Gasteiger partial charge in [0.25, 0.3) is 0 Å². The van der Waals surface area contributed by atoms with Crippen molar-refractivity contribution in [3.63, 3.8) is 0 Å². The van der Waals surface area contributed by atoms with E-state index in [1.165, 1.54) is 17.2 Å². The Morgan fingerprint density at radius 1 is 1.06 bits per heavy atom. The molecule has 5 rings (SSSR count). The number of hydrogen-bond acceptors (Lipinski definition) is 8. The molecule has 1 aromatic carbocycles. The molecule has 1 fully saturated rings. The molecule has 0 bridgehead atoms. The van der Waals surface area contributed by atoms with E-state index >= 15 is 0 Å². The van der Waals surface area contributed by atoms with Gasteiger partial charge in [0.05, 0.1) is 0 Å². The quantitative estimate of drug-likeness (QED) is 0.513. The third-order valence-electron chi connectivity index (χ3n) is 5.67. The minimum Gasteiger partial charge on any atom is -0.378 e. The highest BCUT2D eigenvalue weighted by molar-refractivity contribution is 7.09. The van der Waals surface area contributed by atoms with E-state index in [0.29, 0.717) is 12.0 Å². The van der Waals surface area contributed by atoms with E-state index < -0.39 is 0 Å². The van der Waals surface area contributed by atoms with Crippen LogP contribution in [-0.4, -0.2) is 57.2 Å². The number of piperidine rings is 1. The fourth-order valence-electron chi connectivity index (χ4n) is 3.94. The predicted molar refractivity (Wildman–Crippen MR) is 126 cm³/mol. The average molecular weight is 435 g/mol. The zero-order chi connectivity index (χ0) is 21.4. The molecule has 0 atom stereocenters. The van der Waals surface area contributed by atoms with Gasteiger partial charge in [0, 0.05) is 62.2 Å². The number of aromatic nitrogens is 5. The number of fused-ring (bicyclic) bond motifs is 1. The van der Waals surface area contributed by atoms with Crippen LogP contribution in [0.3, 0.4) is 0 Å². The first-order valence-corrected chi connectivity index (χ1v) is 11.3. The Balaban J connectivity index is 1.31. The van der Waals surface area contributed by atoms with Gasteiger partial charge in [-0.25, -0.2) is 9.50 Å². The number of benzene rings is 1. The molecular formula is C22H26N8S. The zero-order valence-electron chi connectivity index (χ0n) is 18.0. The normalized spacial score (nSPS) is 14.9. The van der Waals surface area contributed by atoms with Gasteiger partial charge in [0.15, 0.2) is 5.65 Å². The van der Waals surface area contributed by atoms with Gasteiger partial charge < -0.3 is 15.1 Å². The summed E-state index contributed by atoms with van der Waals surface area (Å²) in [5, 5.41) is 9.23. The lowest BCUT2D eigenvalue weighted by atomic mass is 10.1. The second kappa shape index (κ2) is 8.14. The third-order valence-corrected chi connectivity index (χ3v) is 6.54. The first kappa shape index (κ1) is 19.7. The zero-order valence-corrected chi connectivity index (χ0v) is 18.8. The van der Waals surface area contributed by atoms with Crippen LogP contribution in [0.2, 0.25) is 0 Å². The molecule has 0 aliphatic carbocycles. The van der Waals surface area contributed by atoms with Gasteiger partial charge in [-0.15, -0.1) is 5.10 Å². The molecule has 31 heavy (non-hydrogen) atoms. The predicted octanol–water partition coefficient (Wildman–Crippen LogP) is 3.70. The van der Waals surface area contributed by atoms with Gasteiger partial charge in [0.2, 0.25) is 11.1 Å². The lowest BCUT2D eigenvalue weighted by Crippen LogP contribution is -2.39. The summed E-state index contributed by atoms with van der Waals surface area (Å²) in [6, 6.07) is 13.0. The van der Waals surface area contributed by atoms with Crippen LogP contribution in [0.4, 0.5) is 16.8 Å². The summed E-state index contributed by atoms with van der Waals surface area (Å²) >= 11 is 1.48. The van der Waals surface area contributed by atoms with Gasteiger partial charge in [-0.2, -0.15) is 9.36 Å². The third kappa shape index (κ3) is 4.05. The second-order valence-corrected chi connectivity index (χ2v) is 8.83. The molecule has 0 unspecified atom stereocenters. The molecular weight excluding hydrogens is 408 g/mol. The summed E-state index contributed by atoms with van der Waals surface area (Å²) in [5.74, 6) is 1.53. The van der Waals surface area contributed by atoms with Crippen molar-refractivity contribution in [1.29, 1.82) is 0 Å². The molecule has 0 saturated carbocycles. The summed E-state index contributed by atoms with van der Waals surface area (Å²) in [7, 11) is 4.09. The fraction of sp³-hybridized carbons (Fsp3) is 0.364. The van der Waals surface area contributed by atoms with Crippen molar-refractivity contribution in [3.8, 4) is 11.1 Å². The Morgan fingerprint density at radius 2 is 1.84 bits per heavy atom. The SMILES string of the molecule is Cc1nsc(N2CCC(Nc3nc4c(-c5ccc(N(C)C)cc5)cccn4n3)CC2)n1. The van der Waals surface area contributed by atoms with Crippen LogP contribution >= 0.6 is 11.5 Å². The average Bonchev–Trinajstić information content (AvgIpc) is 3.40. The van der Waals surface area contributed by atoms with Crippen LogP contribution in [0.15, 0.2) is 42.6 Å². The van der Waals surface area contributed by atoms with Crippen LogP contribution in [0.5, 0.6) is 0 Å². The van der Waals surface area contributed by atoms with Crippen LogP contribution in [0, 0.1) is 6.92 Å². The Kier molecular flexibility index (Phi) is 5.19. The smallest absolute Gasteiger partial charge is 0.243 e. The summed E-state index contributed by atoms with van der Waals surface area (Å²) in [5.41, 5.74) is 4.25. The number of anilines is 3.